The largest absolute Gasteiger partial charge is 0.257 e. The van der Waals surface area contributed by atoms with Gasteiger partial charge in [0.15, 0.2) is 0 Å². The van der Waals surface area contributed by atoms with Crippen LogP contribution in [0.15, 0.2) is 18.7 Å². The molecule has 0 aliphatic heterocycles. The molecule has 1 aromatic heterocycles. The molecule has 0 aliphatic carbocycles. The maximum absolute atomic E-state index is 4.91. The van der Waals surface area contributed by atoms with Crippen molar-refractivity contribution in [2.24, 2.45) is 7.05 Å². The van der Waals surface area contributed by atoms with Gasteiger partial charge in [-0.15, -0.1) is 6.42 Å². The van der Waals surface area contributed by atoms with Crippen LogP contribution >= 0.6 is 0 Å². The molecule has 96 valence electrons. The fraction of sp³-hybridized carbons (Fsp3) is 0.0500. The van der Waals surface area contributed by atoms with Crippen LogP contribution in [-0.2, 0) is 7.05 Å². The summed E-state index contributed by atoms with van der Waals surface area (Å²) in [6.07, 6.45) is 10.4. The lowest BCUT2D eigenvalue weighted by molar-refractivity contribution is -0.670. The van der Waals surface area contributed by atoms with E-state index in [9.17, 15) is 0 Å². The summed E-state index contributed by atoms with van der Waals surface area (Å²) in [5, 5.41) is 0. The summed E-state index contributed by atoms with van der Waals surface area (Å²) in [6, 6.07) is 2.81. The number of aromatic nitrogens is 2. The van der Waals surface area contributed by atoms with Gasteiger partial charge in [-0.25, -0.2) is 4.57 Å². The molecule has 0 bridgehead atoms. The van der Waals surface area contributed by atoms with E-state index >= 15 is 0 Å². The van der Waals surface area contributed by atoms with Gasteiger partial charge in [-0.2, -0.15) is 4.57 Å². The van der Waals surface area contributed by atoms with Gasteiger partial charge in [-0.05, 0) is 41.4 Å². The minimum Gasteiger partial charge on any atom is -0.239 e. The van der Waals surface area contributed by atoms with Crippen molar-refractivity contribution in [3.05, 3.63) is 18.7 Å². The van der Waals surface area contributed by atoms with Gasteiger partial charge in [-0.3, -0.25) is 0 Å². The molecule has 0 spiro atoms. The van der Waals surface area contributed by atoms with Crippen molar-refractivity contribution in [3.8, 4) is 95.4 Å². The Morgan fingerprint density at radius 2 is 1.18 bits per heavy atom. The Morgan fingerprint density at radius 3 is 1.59 bits per heavy atom. The van der Waals surface area contributed by atoms with Gasteiger partial charge in [-0.1, -0.05) is 0 Å². The summed E-state index contributed by atoms with van der Waals surface area (Å²) in [5.41, 5.74) is 0. The molecular formula is C20H7N2+. The lowest BCUT2D eigenvalue weighted by Gasteiger charge is -1.72. The Bertz CT molecular complexity index is 1030. The van der Waals surface area contributed by atoms with Gasteiger partial charge in [0.05, 0.1) is 7.05 Å². The van der Waals surface area contributed by atoms with Crippen LogP contribution in [0.3, 0.4) is 0 Å². The third kappa shape index (κ3) is 7.91. The van der Waals surface area contributed by atoms with Crippen molar-refractivity contribution in [1.82, 2.24) is 4.57 Å². The highest BCUT2D eigenvalue weighted by molar-refractivity contribution is 5.45. The number of nitrogens with zero attached hydrogens (tertiary/aromatic N) is 2. The molecule has 22 heavy (non-hydrogen) atoms. The molecule has 0 radical (unpaired) electrons. The molecule has 0 aliphatic rings. The predicted octanol–water partition coefficient (Wildman–Crippen LogP) is -0.225. The second-order valence-electron chi connectivity index (χ2n) is 3.37. The summed E-state index contributed by atoms with van der Waals surface area (Å²) >= 11 is 0. The highest BCUT2D eigenvalue weighted by atomic mass is 15.1. The van der Waals surface area contributed by atoms with E-state index in [4.69, 9.17) is 6.42 Å². The van der Waals surface area contributed by atoms with Crippen molar-refractivity contribution in [1.29, 1.82) is 0 Å². The summed E-state index contributed by atoms with van der Waals surface area (Å²) in [6.45, 7) is 0. The van der Waals surface area contributed by atoms with Crippen LogP contribution in [0.1, 0.15) is 0 Å². The lowest BCUT2D eigenvalue weighted by Crippen LogP contribution is -2.23. The molecule has 0 atom stereocenters. The zero-order valence-corrected chi connectivity index (χ0v) is 11.7. The van der Waals surface area contributed by atoms with E-state index in [1.165, 1.54) is 0 Å². The van der Waals surface area contributed by atoms with Crippen LogP contribution in [0.5, 0.6) is 0 Å². The lowest BCUT2D eigenvalue weighted by atomic mass is 10.5. The van der Waals surface area contributed by atoms with Crippen LogP contribution < -0.4 is 4.57 Å². The highest BCUT2D eigenvalue weighted by Gasteiger charge is 1.92. The first-order valence-electron chi connectivity index (χ1n) is 5.83. The molecule has 0 saturated heterocycles. The van der Waals surface area contributed by atoms with Crippen molar-refractivity contribution >= 4 is 0 Å². The smallest absolute Gasteiger partial charge is 0.239 e. The van der Waals surface area contributed by atoms with E-state index in [0.29, 0.717) is 0 Å². The molecule has 0 saturated carbocycles. The average Bonchev–Trinajstić information content (AvgIpc) is 2.93. The van der Waals surface area contributed by atoms with Crippen molar-refractivity contribution in [2.45, 2.75) is 0 Å². The Hall–Kier alpha value is -4.31. The maximum Gasteiger partial charge on any atom is 0.257 e. The van der Waals surface area contributed by atoms with Gasteiger partial charge in [0.25, 0.3) is 6.33 Å². The number of hydrogen-bond acceptors (Lipinski definition) is 0. The van der Waals surface area contributed by atoms with Crippen LogP contribution in [0, 0.1) is 95.4 Å². The first-order chi connectivity index (χ1) is 10.8. The molecular weight excluding hydrogens is 268 g/mol. The monoisotopic (exact) mass is 275 g/mol. The van der Waals surface area contributed by atoms with Crippen LogP contribution in [0.25, 0.3) is 0 Å². The Kier molecular flexibility index (Phi) is 7.59. The minimum absolute atomic E-state index is 1.70. The predicted molar refractivity (Wildman–Crippen MR) is 84.3 cm³/mol. The Morgan fingerprint density at radius 1 is 0.727 bits per heavy atom. The number of rotatable bonds is 0. The van der Waals surface area contributed by atoms with E-state index in [-0.39, 0.29) is 0 Å². The molecule has 0 N–H and O–H groups in total. The first-order valence-corrected chi connectivity index (χ1v) is 5.83. The summed E-state index contributed by atoms with van der Waals surface area (Å²) in [5.74, 6) is 34.8. The molecule has 1 heterocycles. The first kappa shape index (κ1) is 15.7. The van der Waals surface area contributed by atoms with Crippen LogP contribution in [0.2, 0.25) is 0 Å². The van der Waals surface area contributed by atoms with Gasteiger partial charge < -0.3 is 0 Å². The van der Waals surface area contributed by atoms with E-state index in [2.05, 4.69) is 88.9 Å². The average molecular weight is 275 g/mol. The van der Waals surface area contributed by atoms with Gasteiger partial charge in [0, 0.05) is 41.4 Å². The Balaban J connectivity index is 2.48. The van der Waals surface area contributed by atoms with Crippen molar-refractivity contribution < 1.29 is 4.57 Å². The number of terminal acetylenes is 1. The van der Waals surface area contributed by atoms with Gasteiger partial charge in [0.2, 0.25) is 0 Å². The van der Waals surface area contributed by atoms with Crippen molar-refractivity contribution in [3.63, 3.8) is 0 Å². The fourth-order valence-electron chi connectivity index (χ4n) is 0.989. The molecule has 0 aromatic carbocycles. The summed E-state index contributed by atoms with van der Waals surface area (Å²) in [4.78, 5) is 0. The second kappa shape index (κ2) is 10.6. The maximum atomic E-state index is 4.91. The third-order valence-electron chi connectivity index (χ3n) is 1.78. The highest BCUT2D eigenvalue weighted by Crippen LogP contribution is 1.75. The molecule has 1 rings (SSSR count). The summed E-state index contributed by atoms with van der Waals surface area (Å²) in [7, 11) is 1.91. The SMILES string of the molecule is C#CC#CC#CC#CC#CC#CC#CC#Cn1cc[n+](C)c1. The standard InChI is InChI=1S/C20H7N2/c1-3-4-5-6-7-8-9-10-11-12-13-14-15-16-17-22-19-18-21(2)20-22/h1,18-20H,2H3/q+1. The summed E-state index contributed by atoms with van der Waals surface area (Å²) < 4.78 is 3.58. The van der Waals surface area contributed by atoms with Gasteiger partial charge >= 0.3 is 0 Å². The van der Waals surface area contributed by atoms with E-state index in [1.54, 1.807) is 4.57 Å². The Labute approximate surface area is 130 Å². The molecule has 2 heteroatoms. The van der Waals surface area contributed by atoms with Gasteiger partial charge in [0.1, 0.15) is 18.4 Å². The van der Waals surface area contributed by atoms with E-state index in [0.717, 1.165) is 0 Å². The van der Waals surface area contributed by atoms with E-state index in [1.807, 2.05) is 30.3 Å². The van der Waals surface area contributed by atoms with Crippen molar-refractivity contribution in [2.75, 3.05) is 0 Å². The molecule has 2 nitrogen and oxygen atoms in total. The zero-order valence-electron chi connectivity index (χ0n) is 11.7. The number of aryl methyl sites for hydroxylation is 1. The number of imidazole rings is 1. The molecule has 0 unspecified atom stereocenters. The topological polar surface area (TPSA) is 8.81 Å². The number of hydrogen-bond donors (Lipinski definition) is 0. The van der Waals surface area contributed by atoms with Crippen LogP contribution in [-0.4, -0.2) is 4.57 Å². The molecule has 0 fully saturated rings. The molecule has 0 amide bonds. The quantitative estimate of drug-likeness (QED) is 0.457. The molecule has 1 aromatic rings. The van der Waals surface area contributed by atoms with Crippen LogP contribution in [0.4, 0.5) is 0 Å². The third-order valence-corrected chi connectivity index (χ3v) is 1.78. The fourth-order valence-corrected chi connectivity index (χ4v) is 0.989. The van der Waals surface area contributed by atoms with E-state index < -0.39 is 0 Å². The second-order valence-corrected chi connectivity index (χ2v) is 3.37. The minimum atomic E-state index is 1.70. The zero-order chi connectivity index (χ0) is 15.9. The normalized spacial score (nSPS) is 5.64.